The van der Waals surface area contributed by atoms with Gasteiger partial charge in [-0.05, 0) is 34.5 Å². The highest BCUT2D eigenvalue weighted by Crippen LogP contribution is 2.26. The Morgan fingerprint density at radius 1 is 1.40 bits per heavy atom. The van der Waals surface area contributed by atoms with Crippen LogP contribution in [0.15, 0.2) is 41.1 Å². The average Bonchev–Trinajstić information content (AvgIpc) is 2.79. The third-order valence-electron chi connectivity index (χ3n) is 2.30. The predicted molar refractivity (Wildman–Crippen MR) is 74.5 cm³/mol. The fourth-order valence-corrected chi connectivity index (χ4v) is 2.31. The number of alkyl halides is 3. The molecular formula is C13H10ClF2NO2S. The van der Waals surface area contributed by atoms with E-state index in [-0.39, 0.29) is 18.1 Å². The molecule has 7 heteroatoms. The summed E-state index contributed by atoms with van der Waals surface area (Å²) in [5.41, 5.74) is -2.52. The minimum absolute atomic E-state index is 0.127. The molecule has 3 nitrogen and oxygen atoms in total. The minimum Gasteiger partial charge on any atom is -0.420 e. The number of hydrogen-bond acceptors (Lipinski definition) is 3. The molecule has 2 aromatic rings. The molecule has 0 aliphatic carbocycles. The van der Waals surface area contributed by atoms with Crippen molar-refractivity contribution < 1.29 is 18.3 Å². The van der Waals surface area contributed by atoms with Crippen LogP contribution >= 0.6 is 22.9 Å². The number of hydrogen-bond donors (Lipinski definition) is 1. The largest absolute Gasteiger partial charge is 0.487 e. The van der Waals surface area contributed by atoms with E-state index in [1.807, 2.05) is 16.8 Å². The van der Waals surface area contributed by atoms with Crippen molar-refractivity contribution >= 4 is 34.5 Å². The molecule has 1 amide bonds. The van der Waals surface area contributed by atoms with Gasteiger partial charge >= 0.3 is 5.57 Å². The fraction of sp³-hybridized carbons (Fsp3) is 0.154. The third-order valence-corrected chi connectivity index (χ3v) is 3.11. The number of benzene rings is 1. The zero-order chi connectivity index (χ0) is 14.6. The van der Waals surface area contributed by atoms with Crippen molar-refractivity contribution in [3.8, 4) is 5.75 Å². The van der Waals surface area contributed by atoms with E-state index >= 15 is 0 Å². The van der Waals surface area contributed by atoms with Crippen molar-refractivity contribution in [1.29, 1.82) is 0 Å². The van der Waals surface area contributed by atoms with Crippen LogP contribution in [0.25, 0.3) is 0 Å². The van der Waals surface area contributed by atoms with E-state index in [2.05, 4.69) is 21.7 Å². The highest BCUT2D eigenvalue weighted by atomic mass is 35.5. The second-order valence-electron chi connectivity index (χ2n) is 3.93. The summed E-state index contributed by atoms with van der Waals surface area (Å²) in [4.78, 5) is 11.8. The lowest BCUT2D eigenvalue weighted by Crippen LogP contribution is -2.16. The predicted octanol–water partition coefficient (Wildman–Crippen LogP) is 4.10. The summed E-state index contributed by atoms with van der Waals surface area (Å²) in [7, 11) is 0. The minimum atomic E-state index is -3.78. The molecule has 0 spiro atoms. The van der Waals surface area contributed by atoms with Gasteiger partial charge in [-0.25, -0.2) is 0 Å². The number of thiophene rings is 1. The van der Waals surface area contributed by atoms with Crippen LogP contribution in [0.4, 0.5) is 14.5 Å². The lowest BCUT2D eigenvalue weighted by atomic mass is 10.2. The Labute approximate surface area is 123 Å². The van der Waals surface area contributed by atoms with E-state index in [4.69, 9.17) is 0 Å². The molecule has 1 N–H and O–H groups in total. The van der Waals surface area contributed by atoms with Gasteiger partial charge in [0.15, 0.2) is 0 Å². The van der Waals surface area contributed by atoms with Crippen LogP contribution in [0, 0.1) is 0 Å². The molecule has 20 heavy (non-hydrogen) atoms. The molecule has 1 aromatic carbocycles. The first-order valence-electron chi connectivity index (χ1n) is 5.59. The highest BCUT2D eigenvalue weighted by Gasteiger charge is 2.27. The van der Waals surface area contributed by atoms with Crippen molar-refractivity contribution in [2.24, 2.45) is 0 Å². The van der Waals surface area contributed by atoms with Crippen LogP contribution in [0.2, 0.25) is 0 Å². The number of anilines is 1. The summed E-state index contributed by atoms with van der Waals surface area (Å²) in [5, 5.41) is 6.35. The van der Waals surface area contributed by atoms with E-state index < -0.39 is 5.57 Å². The van der Waals surface area contributed by atoms with E-state index in [0.717, 1.165) is 5.56 Å². The number of rotatable bonds is 5. The normalized spacial score (nSPS) is 11.2. The van der Waals surface area contributed by atoms with Gasteiger partial charge < -0.3 is 10.1 Å². The average molecular weight is 318 g/mol. The molecule has 0 bridgehead atoms. The maximum Gasteiger partial charge on any atom is 0.487 e. The molecule has 0 unspecified atom stereocenters. The van der Waals surface area contributed by atoms with Gasteiger partial charge in [-0.2, -0.15) is 11.3 Å². The van der Waals surface area contributed by atoms with Crippen LogP contribution < -0.4 is 10.1 Å². The first kappa shape index (κ1) is 14.7. The fourth-order valence-electron chi connectivity index (χ4n) is 1.55. The van der Waals surface area contributed by atoms with Crippen molar-refractivity contribution in [2.45, 2.75) is 12.0 Å². The highest BCUT2D eigenvalue weighted by molar-refractivity contribution is 7.08. The SMILES string of the molecule is O=C(Cc1ccsc1)Nc1cccc(OC(F)(F)Cl)c1. The number of carbonyl (C=O) groups is 1. The molecule has 0 aliphatic rings. The lowest BCUT2D eigenvalue weighted by molar-refractivity contribution is -0.115. The topological polar surface area (TPSA) is 38.3 Å². The molecule has 0 aliphatic heterocycles. The summed E-state index contributed by atoms with van der Waals surface area (Å²) in [6.45, 7) is 0. The summed E-state index contributed by atoms with van der Waals surface area (Å²) >= 11 is 6.18. The quantitative estimate of drug-likeness (QED) is 0.843. The summed E-state index contributed by atoms with van der Waals surface area (Å²) in [6.07, 6.45) is 0.222. The van der Waals surface area contributed by atoms with Gasteiger partial charge in [-0.3, -0.25) is 4.79 Å². The Morgan fingerprint density at radius 3 is 2.85 bits per heavy atom. The first-order chi connectivity index (χ1) is 9.42. The molecular weight excluding hydrogens is 308 g/mol. The number of amides is 1. The van der Waals surface area contributed by atoms with E-state index in [0.29, 0.717) is 5.69 Å². The number of ether oxygens (including phenoxy) is 1. The zero-order valence-corrected chi connectivity index (χ0v) is 11.7. The van der Waals surface area contributed by atoms with Gasteiger partial charge in [0.2, 0.25) is 5.91 Å². The number of carbonyl (C=O) groups excluding carboxylic acids is 1. The summed E-state index contributed by atoms with van der Waals surface area (Å²) in [5.74, 6) is -0.364. The molecule has 0 saturated carbocycles. The Hall–Kier alpha value is -1.66. The Kier molecular flexibility index (Phi) is 4.57. The van der Waals surface area contributed by atoms with Crippen LogP contribution in [0.3, 0.4) is 0 Å². The van der Waals surface area contributed by atoms with Gasteiger partial charge in [-0.15, -0.1) is 8.78 Å². The first-order valence-corrected chi connectivity index (χ1v) is 6.91. The Balaban J connectivity index is 1.99. The number of nitrogens with one attached hydrogen (secondary N) is 1. The molecule has 0 saturated heterocycles. The molecule has 106 valence electrons. The molecule has 1 aromatic heterocycles. The zero-order valence-electron chi connectivity index (χ0n) is 10.1. The molecule has 2 rings (SSSR count). The van der Waals surface area contributed by atoms with Crippen LogP contribution in [0.1, 0.15) is 5.56 Å². The van der Waals surface area contributed by atoms with Crippen LogP contribution in [-0.4, -0.2) is 11.5 Å². The lowest BCUT2D eigenvalue weighted by Gasteiger charge is -2.11. The van der Waals surface area contributed by atoms with Crippen molar-refractivity contribution in [3.63, 3.8) is 0 Å². The standard InChI is InChI=1S/C13H10ClF2NO2S/c14-13(15,16)19-11-3-1-2-10(7-11)17-12(18)6-9-4-5-20-8-9/h1-5,7-8H,6H2,(H,17,18). The maximum absolute atomic E-state index is 12.5. The monoisotopic (exact) mass is 317 g/mol. The summed E-state index contributed by atoms with van der Waals surface area (Å²) in [6, 6.07) is 7.51. The van der Waals surface area contributed by atoms with Crippen molar-refractivity contribution in [3.05, 3.63) is 46.7 Å². The van der Waals surface area contributed by atoms with E-state index in [1.54, 1.807) is 6.07 Å². The van der Waals surface area contributed by atoms with Crippen LogP contribution in [0.5, 0.6) is 5.75 Å². The van der Waals surface area contributed by atoms with Crippen LogP contribution in [-0.2, 0) is 11.2 Å². The number of halogens is 3. The third kappa shape index (κ3) is 4.79. The smallest absolute Gasteiger partial charge is 0.420 e. The van der Waals surface area contributed by atoms with E-state index in [1.165, 1.54) is 29.5 Å². The van der Waals surface area contributed by atoms with Gasteiger partial charge in [0.1, 0.15) is 5.75 Å². The second-order valence-corrected chi connectivity index (χ2v) is 5.15. The van der Waals surface area contributed by atoms with Gasteiger partial charge in [0, 0.05) is 23.4 Å². The van der Waals surface area contributed by atoms with Crippen molar-refractivity contribution in [2.75, 3.05) is 5.32 Å². The molecule has 0 radical (unpaired) electrons. The van der Waals surface area contributed by atoms with Gasteiger partial charge in [0.05, 0.1) is 6.42 Å². The molecule has 0 fully saturated rings. The molecule has 0 atom stereocenters. The van der Waals surface area contributed by atoms with Crippen molar-refractivity contribution in [1.82, 2.24) is 0 Å². The maximum atomic E-state index is 12.5. The Morgan fingerprint density at radius 2 is 2.20 bits per heavy atom. The van der Waals surface area contributed by atoms with Gasteiger partial charge in [0.25, 0.3) is 0 Å². The molecule has 1 heterocycles. The Bertz CT molecular complexity index is 584. The van der Waals surface area contributed by atoms with Gasteiger partial charge in [-0.1, -0.05) is 6.07 Å². The second kappa shape index (κ2) is 6.19. The van der Waals surface area contributed by atoms with E-state index in [9.17, 15) is 13.6 Å². The summed E-state index contributed by atoms with van der Waals surface area (Å²) < 4.78 is 29.2.